The van der Waals surface area contributed by atoms with Crippen LogP contribution in [0.4, 0.5) is 0 Å². The first-order chi connectivity index (χ1) is 12.2. The van der Waals surface area contributed by atoms with Gasteiger partial charge in [0.15, 0.2) is 0 Å². The van der Waals surface area contributed by atoms with E-state index in [4.69, 9.17) is 21.3 Å². The molecule has 0 bridgehead atoms. The third-order valence-corrected chi connectivity index (χ3v) is 6.28. The van der Waals surface area contributed by atoms with Crippen LogP contribution in [0.2, 0.25) is 5.02 Å². The Kier molecular flexibility index (Phi) is 4.54. The average molecular weight is 388 g/mol. The topological polar surface area (TPSA) is 39.2 Å². The van der Waals surface area contributed by atoms with Gasteiger partial charge in [-0.3, -0.25) is 4.79 Å². The normalized spacial score (nSPS) is 11.9. The summed E-state index contributed by atoms with van der Waals surface area (Å²) in [6.45, 7) is 2.19. The van der Waals surface area contributed by atoms with Crippen LogP contribution in [-0.2, 0) is 16.0 Å². The maximum absolute atomic E-state index is 11.9. The number of thiazole rings is 1. The molecule has 6 heteroatoms. The van der Waals surface area contributed by atoms with E-state index in [0.717, 1.165) is 36.5 Å². The molecule has 0 amide bonds. The maximum Gasteiger partial charge on any atom is 0.312 e. The monoisotopic (exact) mass is 387 g/mol. The number of fused-ring (bicyclic) bond motifs is 5. The van der Waals surface area contributed by atoms with E-state index < -0.39 is 0 Å². The number of aromatic nitrogens is 1. The van der Waals surface area contributed by atoms with Crippen LogP contribution in [0.3, 0.4) is 0 Å². The summed E-state index contributed by atoms with van der Waals surface area (Å²) in [6, 6.07) is 14.1. The second-order valence-electron chi connectivity index (χ2n) is 5.51. The van der Waals surface area contributed by atoms with Gasteiger partial charge in [-0.2, -0.15) is 0 Å². The zero-order valence-corrected chi connectivity index (χ0v) is 15.8. The van der Waals surface area contributed by atoms with E-state index in [1.165, 1.54) is 0 Å². The highest BCUT2D eigenvalue weighted by molar-refractivity contribution is 7.99. The molecule has 0 saturated carbocycles. The summed E-state index contributed by atoms with van der Waals surface area (Å²) in [5.41, 5.74) is 3.10. The van der Waals surface area contributed by atoms with Gasteiger partial charge in [0.25, 0.3) is 0 Å². The molecule has 25 heavy (non-hydrogen) atoms. The lowest BCUT2D eigenvalue weighted by Crippen LogP contribution is -2.07. The third kappa shape index (κ3) is 3.19. The van der Waals surface area contributed by atoms with E-state index in [0.29, 0.717) is 11.6 Å². The van der Waals surface area contributed by atoms with E-state index in [2.05, 4.69) is 12.1 Å². The molecule has 0 N–H and O–H groups in total. The summed E-state index contributed by atoms with van der Waals surface area (Å²) in [7, 11) is 0. The second-order valence-corrected chi connectivity index (χ2v) is 8.11. The highest BCUT2D eigenvalue weighted by Gasteiger charge is 2.24. The fraction of sp³-hybridized carbons (Fsp3) is 0.158. The second kappa shape index (κ2) is 6.83. The minimum Gasteiger partial charge on any atom is -0.466 e. The number of nitrogens with zero attached hydrogens (tertiary/aromatic N) is 1. The Morgan fingerprint density at radius 2 is 2.00 bits per heavy atom. The number of hydrogen-bond donors (Lipinski definition) is 0. The number of ether oxygens (including phenoxy) is 1. The lowest BCUT2D eigenvalue weighted by molar-refractivity contribution is -0.142. The average Bonchev–Trinajstić information content (AvgIpc) is 2.94. The molecule has 4 rings (SSSR count). The SMILES string of the molecule is CCOC(=O)Cc1nc2c(s1)-c1ccccc1Sc1cc(Cl)ccc1-2. The molecule has 0 spiro atoms. The van der Waals surface area contributed by atoms with Crippen molar-refractivity contribution in [3.8, 4) is 21.7 Å². The van der Waals surface area contributed by atoms with Crippen LogP contribution < -0.4 is 0 Å². The van der Waals surface area contributed by atoms with Gasteiger partial charge in [-0.15, -0.1) is 11.3 Å². The Morgan fingerprint density at radius 1 is 1.16 bits per heavy atom. The van der Waals surface area contributed by atoms with Gasteiger partial charge in [-0.25, -0.2) is 4.98 Å². The largest absolute Gasteiger partial charge is 0.466 e. The van der Waals surface area contributed by atoms with Crippen LogP contribution in [0.15, 0.2) is 52.3 Å². The fourth-order valence-electron chi connectivity index (χ4n) is 2.78. The van der Waals surface area contributed by atoms with Crippen LogP contribution in [0.1, 0.15) is 11.9 Å². The van der Waals surface area contributed by atoms with Crippen LogP contribution in [0, 0.1) is 0 Å². The van der Waals surface area contributed by atoms with Crippen LogP contribution in [-0.4, -0.2) is 17.6 Å². The van der Waals surface area contributed by atoms with Gasteiger partial charge in [0, 0.05) is 25.9 Å². The van der Waals surface area contributed by atoms with Crippen molar-refractivity contribution in [1.82, 2.24) is 4.98 Å². The zero-order chi connectivity index (χ0) is 17.4. The fourth-order valence-corrected chi connectivity index (χ4v) is 5.31. The Morgan fingerprint density at radius 3 is 2.84 bits per heavy atom. The van der Waals surface area contributed by atoms with Crippen molar-refractivity contribution in [3.63, 3.8) is 0 Å². The minimum atomic E-state index is -0.245. The smallest absolute Gasteiger partial charge is 0.312 e. The molecule has 1 aliphatic rings. The summed E-state index contributed by atoms with van der Waals surface area (Å²) in [4.78, 5) is 19.9. The minimum absolute atomic E-state index is 0.198. The first-order valence-corrected chi connectivity index (χ1v) is 9.89. The first-order valence-electron chi connectivity index (χ1n) is 7.88. The number of benzene rings is 2. The molecule has 1 aromatic heterocycles. The Bertz CT molecular complexity index is 968. The van der Waals surface area contributed by atoms with Gasteiger partial charge in [-0.1, -0.05) is 47.6 Å². The van der Waals surface area contributed by atoms with Crippen LogP contribution >= 0.6 is 34.7 Å². The van der Waals surface area contributed by atoms with Crippen molar-refractivity contribution in [3.05, 3.63) is 52.5 Å². The Labute approximate surface area is 159 Å². The lowest BCUT2D eigenvalue weighted by Gasteiger charge is -2.06. The van der Waals surface area contributed by atoms with E-state index in [9.17, 15) is 4.79 Å². The van der Waals surface area contributed by atoms with Gasteiger partial charge < -0.3 is 4.74 Å². The quantitative estimate of drug-likeness (QED) is 0.422. The standard InChI is InChI=1S/C19H14ClNO2S2/c1-2-23-17(22)10-16-21-18-12-8-7-11(20)9-15(12)24-14-6-4-3-5-13(14)19(18)25-16/h3-9H,2,10H2,1H3. The van der Waals surface area contributed by atoms with Gasteiger partial charge in [0.1, 0.15) is 5.01 Å². The molecule has 2 aromatic carbocycles. The molecule has 0 fully saturated rings. The highest BCUT2D eigenvalue weighted by atomic mass is 35.5. The van der Waals surface area contributed by atoms with Gasteiger partial charge in [-0.05, 0) is 25.1 Å². The van der Waals surface area contributed by atoms with Crippen molar-refractivity contribution in [1.29, 1.82) is 0 Å². The first kappa shape index (κ1) is 16.6. The van der Waals surface area contributed by atoms with Gasteiger partial charge in [0.05, 0.1) is 23.6 Å². The van der Waals surface area contributed by atoms with Crippen molar-refractivity contribution >= 4 is 40.7 Å². The summed E-state index contributed by atoms with van der Waals surface area (Å²) >= 11 is 9.45. The summed E-state index contributed by atoms with van der Waals surface area (Å²) in [5, 5.41) is 1.47. The van der Waals surface area contributed by atoms with E-state index >= 15 is 0 Å². The zero-order valence-electron chi connectivity index (χ0n) is 13.4. The molecule has 0 unspecified atom stereocenters. The molecule has 0 aliphatic carbocycles. The van der Waals surface area contributed by atoms with Crippen molar-refractivity contribution in [2.24, 2.45) is 0 Å². The molecule has 1 aliphatic heterocycles. The summed E-state index contributed by atoms with van der Waals surface area (Å²) in [5.74, 6) is -0.245. The number of carbonyl (C=O) groups excluding carboxylic acids is 1. The third-order valence-electron chi connectivity index (χ3n) is 3.82. The number of esters is 1. The van der Waals surface area contributed by atoms with Crippen molar-refractivity contribution in [2.75, 3.05) is 6.61 Å². The summed E-state index contributed by atoms with van der Waals surface area (Å²) in [6.07, 6.45) is 0.198. The van der Waals surface area contributed by atoms with E-state index in [1.807, 2.05) is 37.3 Å². The molecule has 2 heterocycles. The van der Waals surface area contributed by atoms with Crippen LogP contribution in [0.25, 0.3) is 21.7 Å². The molecule has 0 radical (unpaired) electrons. The molecular formula is C19H14ClNO2S2. The van der Waals surface area contributed by atoms with Gasteiger partial charge >= 0.3 is 5.97 Å². The molecule has 3 aromatic rings. The van der Waals surface area contributed by atoms with E-state index in [1.54, 1.807) is 23.1 Å². The predicted molar refractivity (Wildman–Crippen MR) is 102 cm³/mol. The number of hydrogen-bond acceptors (Lipinski definition) is 5. The molecular weight excluding hydrogens is 374 g/mol. The lowest BCUT2D eigenvalue weighted by atomic mass is 10.1. The summed E-state index contributed by atoms with van der Waals surface area (Å²) < 4.78 is 5.06. The highest BCUT2D eigenvalue weighted by Crippen LogP contribution is 2.50. The molecule has 126 valence electrons. The Balaban J connectivity index is 1.88. The maximum atomic E-state index is 11.9. The number of carbonyl (C=O) groups is 1. The Hall–Kier alpha value is -1.82. The molecule has 0 saturated heterocycles. The van der Waals surface area contributed by atoms with Gasteiger partial charge in [0.2, 0.25) is 0 Å². The molecule has 3 nitrogen and oxygen atoms in total. The van der Waals surface area contributed by atoms with Crippen molar-refractivity contribution < 1.29 is 9.53 Å². The van der Waals surface area contributed by atoms with Crippen LogP contribution in [0.5, 0.6) is 0 Å². The van der Waals surface area contributed by atoms with Crippen molar-refractivity contribution in [2.45, 2.75) is 23.1 Å². The predicted octanol–water partition coefficient (Wildman–Crippen LogP) is 5.70. The number of halogens is 1. The molecule has 0 atom stereocenters. The number of rotatable bonds is 3. The van der Waals surface area contributed by atoms with E-state index in [-0.39, 0.29) is 12.4 Å².